The highest BCUT2D eigenvalue weighted by atomic mass is 32.2. The van der Waals surface area contributed by atoms with Crippen LogP contribution in [0, 0.1) is 11.6 Å². The maximum absolute atomic E-state index is 13.6. The molecule has 0 aliphatic heterocycles. The van der Waals surface area contributed by atoms with E-state index in [2.05, 4.69) is 15.0 Å². The highest BCUT2D eigenvalue weighted by Gasteiger charge is 2.16. The van der Waals surface area contributed by atoms with Crippen molar-refractivity contribution in [1.29, 1.82) is 0 Å². The van der Waals surface area contributed by atoms with Gasteiger partial charge in [0, 0.05) is 29.2 Å². The third-order valence-corrected chi connectivity index (χ3v) is 5.70. The van der Waals surface area contributed by atoms with E-state index in [0.29, 0.717) is 0 Å². The fourth-order valence-corrected chi connectivity index (χ4v) is 3.98. The van der Waals surface area contributed by atoms with Crippen LogP contribution in [-0.2, 0) is 16.6 Å². The second-order valence-corrected chi connectivity index (χ2v) is 7.96. The summed E-state index contributed by atoms with van der Waals surface area (Å²) in [6.07, 6.45) is 1.47. The van der Waals surface area contributed by atoms with Gasteiger partial charge in [-0.3, -0.25) is 9.52 Å². The fraction of sp³-hybridized carbons (Fsp3) is 0.0588. The van der Waals surface area contributed by atoms with E-state index in [1.165, 1.54) is 30.5 Å². The SMILES string of the molecule is O=C(NCc1cc(F)ccc1F)c1ccc(S(=O)(=O)Nc2nccs2)cc1. The van der Waals surface area contributed by atoms with Gasteiger partial charge in [0.15, 0.2) is 5.13 Å². The first-order chi connectivity index (χ1) is 12.8. The molecule has 0 saturated carbocycles. The Hall–Kier alpha value is -2.85. The molecule has 3 rings (SSSR count). The molecule has 1 amide bonds. The molecule has 3 aromatic rings. The number of hydrogen-bond donors (Lipinski definition) is 2. The van der Waals surface area contributed by atoms with E-state index >= 15 is 0 Å². The molecule has 0 bridgehead atoms. The van der Waals surface area contributed by atoms with Gasteiger partial charge < -0.3 is 5.32 Å². The Morgan fingerprint density at radius 2 is 1.85 bits per heavy atom. The van der Waals surface area contributed by atoms with Crippen LogP contribution >= 0.6 is 11.3 Å². The second kappa shape index (κ2) is 7.80. The average Bonchev–Trinajstić information content (AvgIpc) is 3.14. The minimum Gasteiger partial charge on any atom is -0.348 e. The van der Waals surface area contributed by atoms with Gasteiger partial charge in [-0.25, -0.2) is 22.2 Å². The molecule has 1 heterocycles. The molecule has 10 heteroatoms. The molecule has 0 fully saturated rings. The summed E-state index contributed by atoms with van der Waals surface area (Å²) < 4.78 is 53.5. The van der Waals surface area contributed by atoms with Gasteiger partial charge in [-0.1, -0.05) is 0 Å². The third-order valence-electron chi connectivity index (χ3n) is 3.53. The standard InChI is InChI=1S/C17H13F2N3O3S2/c18-13-3-6-15(19)12(9-13)10-21-16(23)11-1-4-14(5-2-11)27(24,25)22-17-20-7-8-26-17/h1-9H,10H2,(H,20,22)(H,21,23). The molecule has 0 spiro atoms. The van der Waals surface area contributed by atoms with E-state index in [-0.39, 0.29) is 27.7 Å². The zero-order chi connectivity index (χ0) is 19.4. The first kappa shape index (κ1) is 18.9. The number of carbonyl (C=O) groups is 1. The van der Waals surface area contributed by atoms with E-state index in [9.17, 15) is 22.0 Å². The van der Waals surface area contributed by atoms with Crippen molar-refractivity contribution in [3.05, 3.63) is 76.8 Å². The summed E-state index contributed by atoms with van der Waals surface area (Å²) in [5.41, 5.74) is 0.190. The van der Waals surface area contributed by atoms with Crippen molar-refractivity contribution in [2.45, 2.75) is 11.4 Å². The van der Waals surface area contributed by atoms with Crippen molar-refractivity contribution in [2.75, 3.05) is 4.72 Å². The zero-order valence-electron chi connectivity index (χ0n) is 13.6. The number of anilines is 1. The Morgan fingerprint density at radius 1 is 1.11 bits per heavy atom. The van der Waals surface area contributed by atoms with E-state index < -0.39 is 27.6 Å². The molecule has 0 aliphatic rings. The molecular weight excluding hydrogens is 396 g/mol. The predicted molar refractivity (Wildman–Crippen MR) is 96.9 cm³/mol. The van der Waals surface area contributed by atoms with Crippen molar-refractivity contribution < 1.29 is 22.0 Å². The summed E-state index contributed by atoms with van der Waals surface area (Å²) in [6.45, 7) is -0.200. The first-order valence-electron chi connectivity index (χ1n) is 7.60. The lowest BCUT2D eigenvalue weighted by Crippen LogP contribution is -2.23. The molecule has 27 heavy (non-hydrogen) atoms. The Labute approximate surface area is 157 Å². The maximum Gasteiger partial charge on any atom is 0.263 e. The van der Waals surface area contributed by atoms with Crippen LogP contribution in [0.2, 0.25) is 0 Å². The van der Waals surface area contributed by atoms with Crippen molar-refractivity contribution in [2.24, 2.45) is 0 Å². The lowest BCUT2D eigenvalue weighted by molar-refractivity contribution is 0.0950. The van der Waals surface area contributed by atoms with Crippen molar-refractivity contribution >= 4 is 32.4 Å². The summed E-state index contributed by atoms with van der Waals surface area (Å²) in [6, 6.07) is 8.16. The Kier molecular flexibility index (Phi) is 5.47. The lowest BCUT2D eigenvalue weighted by atomic mass is 10.2. The molecule has 2 aromatic carbocycles. The van der Waals surface area contributed by atoms with Crippen LogP contribution in [0.5, 0.6) is 0 Å². The molecule has 1 aromatic heterocycles. The topological polar surface area (TPSA) is 88.2 Å². The predicted octanol–water partition coefficient (Wildman–Crippen LogP) is 3.15. The molecular formula is C17H13F2N3O3S2. The number of amides is 1. The maximum atomic E-state index is 13.6. The minimum absolute atomic E-state index is 0.00944. The average molecular weight is 409 g/mol. The number of hydrogen-bond acceptors (Lipinski definition) is 5. The number of sulfonamides is 1. The number of carbonyl (C=O) groups excluding carboxylic acids is 1. The molecule has 0 unspecified atom stereocenters. The van der Waals surface area contributed by atoms with Gasteiger partial charge in [-0.05, 0) is 42.5 Å². The summed E-state index contributed by atoms with van der Waals surface area (Å²) in [5, 5.41) is 4.32. The van der Waals surface area contributed by atoms with Crippen LogP contribution in [0.3, 0.4) is 0 Å². The molecule has 0 radical (unpaired) electrons. The number of benzene rings is 2. The van der Waals surface area contributed by atoms with Gasteiger partial charge in [0.25, 0.3) is 15.9 Å². The number of nitrogens with one attached hydrogen (secondary N) is 2. The first-order valence-corrected chi connectivity index (χ1v) is 9.96. The third kappa shape index (κ3) is 4.66. The quantitative estimate of drug-likeness (QED) is 0.655. The Balaban J connectivity index is 1.67. The normalized spacial score (nSPS) is 11.2. The molecule has 140 valence electrons. The number of rotatable bonds is 6. The van der Waals surface area contributed by atoms with E-state index in [4.69, 9.17) is 0 Å². The van der Waals surface area contributed by atoms with Crippen LogP contribution in [0.1, 0.15) is 15.9 Å². The van der Waals surface area contributed by atoms with Gasteiger partial charge in [-0.15, -0.1) is 11.3 Å². The molecule has 6 nitrogen and oxygen atoms in total. The summed E-state index contributed by atoms with van der Waals surface area (Å²) in [7, 11) is -3.82. The molecule has 0 saturated heterocycles. The van der Waals surface area contributed by atoms with Gasteiger partial charge in [-0.2, -0.15) is 0 Å². The van der Waals surface area contributed by atoms with Gasteiger partial charge >= 0.3 is 0 Å². The number of aromatic nitrogens is 1. The zero-order valence-corrected chi connectivity index (χ0v) is 15.3. The van der Waals surface area contributed by atoms with Crippen LogP contribution in [-0.4, -0.2) is 19.3 Å². The van der Waals surface area contributed by atoms with Crippen LogP contribution in [0.25, 0.3) is 0 Å². The lowest BCUT2D eigenvalue weighted by Gasteiger charge is -2.08. The van der Waals surface area contributed by atoms with Crippen LogP contribution < -0.4 is 10.0 Å². The monoisotopic (exact) mass is 409 g/mol. The summed E-state index contributed by atoms with van der Waals surface area (Å²) >= 11 is 1.14. The smallest absolute Gasteiger partial charge is 0.263 e. The highest BCUT2D eigenvalue weighted by molar-refractivity contribution is 7.93. The molecule has 0 aliphatic carbocycles. The summed E-state index contributed by atoms with van der Waals surface area (Å²) in [5.74, 6) is -1.79. The second-order valence-electron chi connectivity index (χ2n) is 5.39. The van der Waals surface area contributed by atoms with Crippen molar-refractivity contribution in [1.82, 2.24) is 10.3 Å². The number of halogens is 2. The van der Waals surface area contributed by atoms with E-state index in [1.807, 2.05) is 0 Å². The molecule has 0 atom stereocenters. The minimum atomic E-state index is -3.82. The number of nitrogens with zero attached hydrogens (tertiary/aromatic N) is 1. The van der Waals surface area contributed by atoms with E-state index in [1.54, 1.807) is 5.38 Å². The van der Waals surface area contributed by atoms with Gasteiger partial charge in [0.1, 0.15) is 11.6 Å². The fourth-order valence-electron chi connectivity index (χ4n) is 2.19. The van der Waals surface area contributed by atoms with Gasteiger partial charge in [0.2, 0.25) is 0 Å². The van der Waals surface area contributed by atoms with Crippen molar-refractivity contribution in [3.63, 3.8) is 0 Å². The number of thiazole rings is 1. The van der Waals surface area contributed by atoms with E-state index in [0.717, 1.165) is 29.5 Å². The van der Waals surface area contributed by atoms with Crippen LogP contribution in [0.4, 0.5) is 13.9 Å². The molecule has 2 N–H and O–H groups in total. The largest absolute Gasteiger partial charge is 0.348 e. The van der Waals surface area contributed by atoms with Crippen LogP contribution in [0.15, 0.2) is 58.9 Å². The van der Waals surface area contributed by atoms with Gasteiger partial charge in [0.05, 0.1) is 4.90 Å². The highest BCUT2D eigenvalue weighted by Crippen LogP contribution is 2.18. The summed E-state index contributed by atoms with van der Waals surface area (Å²) in [4.78, 5) is 15.9. The van der Waals surface area contributed by atoms with Crippen molar-refractivity contribution in [3.8, 4) is 0 Å². The Bertz CT molecular complexity index is 1050. The Morgan fingerprint density at radius 3 is 2.52 bits per heavy atom.